The molecule has 2 aromatic carbocycles. The van der Waals surface area contributed by atoms with Crippen molar-refractivity contribution in [3.05, 3.63) is 64.6 Å². The fourth-order valence-electron chi connectivity index (χ4n) is 3.07. The lowest BCUT2D eigenvalue weighted by atomic mass is 10.1. The fraction of sp³-hybridized carbons (Fsp3) is 0.238. The van der Waals surface area contributed by atoms with Crippen molar-refractivity contribution in [2.45, 2.75) is 37.8 Å². The number of hydrogen-bond donors (Lipinski definition) is 2. The van der Waals surface area contributed by atoms with E-state index in [0.717, 1.165) is 4.68 Å². The average molecular weight is 457 g/mol. The van der Waals surface area contributed by atoms with Gasteiger partial charge >= 0.3 is 0 Å². The molecule has 0 spiro atoms. The van der Waals surface area contributed by atoms with Crippen molar-refractivity contribution < 1.29 is 23.1 Å². The number of benzene rings is 2. The molecule has 0 saturated carbocycles. The number of anilines is 1. The number of fused-ring (bicyclic) bond motifs is 1. The van der Waals surface area contributed by atoms with Crippen LogP contribution in [0.25, 0.3) is 10.8 Å². The Bertz CT molecular complexity index is 1350. The summed E-state index contributed by atoms with van der Waals surface area (Å²) >= 11 is 0. The van der Waals surface area contributed by atoms with Gasteiger partial charge in [-0.15, -0.1) is 0 Å². The van der Waals surface area contributed by atoms with Gasteiger partial charge in [-0.2, -0.15) is 5.10 Å². The molecule has 168 valence electrons. The van der Waals surface area contributed by atoms with Crippen molar-refractivity contribution in [1.29, 1.82) is 0 Å². The van der Waals surface area contributed by atoms with E-state index in [1.807, 2.05) is 0 Å². The molecule has 0 bridgehead atoms. The van der Waals surface area contributed by atoms with Crippen molar-refractivity contribution >= 4 is 38.4 Å². The Labute approximate surface area is 183 Å². The summed E-state index contributed by atoms with van der Waals surface area (Å²) < 4.78 is 27.6. The van der Waals surface area contributed by atoms with Crippen molar-refractivity contribution in [2.24, 2.45) is 0 Å². The predicted molar refractivity (Wildman–Crippen MR) is 116 cm³/mol. The van der Waals surface area contributed by atoms with Gasteiger partial charge in [0.2, 0.25) is 15.9 Å². The fourth-order valence-corrected chi connectivity index (χ4v) is 4.32. The molecule has 1 unspecified atom stereocenters. The number of aromatic carboxylic acids is 1. The first-order valence-corrected chi connectivity index (χ1v) is 11.2. The highest BCUT2D eigenvalue weighted by Crippen LogP contribution is 2.17. The molecule has 0 aliphatic rings. The minimum Gasteiger partial charge on any atom is -0.543 e. The van der Waals surface area contributed by atoms with E-state index in [2.05, 4.69) is 15.1 Å². The third-order valence-electron chi connectivity index (χ3n) is 4.59. The van der Waals surface area contributed by atoms with Crippen LogP contribution in [0.2, 0.25) is 0 Å². The molecule has 2 N–H and O–H groups in total. The monoisotopic (exact) mass is 457 g/mol. The maximum atomic E-state index is 12.8. The number of hydrogen-bond acceptors (Lipinski definition) is 7. The topological polar surface area (TPSA) is 150 Å². The number of amides is 1. The molecule has 0 radical (unpaired) electrons. The first-order valence-electron chi connectivity index (χ1n) is 9.67. The summed E-state index contributed by atoms with van der Waals surface area (Å²) in [6.07, 6.45) is 0. The van der Waals surface area contributed by atoms with Gasteiger partial charge < -0.3 is 15.2 Å². The minimum absolute atomic E-state index is 0.0308. The molecular formula is C21H21N4O6S-. The number of carbonyl (C=O) groups is 2. The first-order chi connectivity index (χ1) is 15.0. The number of nitrogens with one attached hydrogen (secondary N) is 2. The van der Waals surface area contributed by atoms with Gasteiger partial charge in [0.15, 0.2) is 0 Å². The number of carboxylic acids is 1. The Hall–Kier alpha value is -3.57. The van der Waals surface area contributed by atoms with Crippen LogP contribution in [0.15, 0.2) is 58.2 Å². The highest BCUT2D eigenvalue weighted by Gasteiger charge is 2.21. The third-order valence-corrected chi connectivity index (χ3v) is 6.27. The quantitative estimate of drug-likeness (QED) is 0.529. The lowest BCUT2D eigenvalue weighted by molar-refractivity contribution is -0.255. The van der Waals surface area contributed by atoms with Crippen LogP contribution in [0.1, 0.15) is 37.3 Å². The van der Waals surface area contributed by atoms with E-state index in [1.54, 1.807) is 26.0 Å². The highest BCUT2D eigenvalue weighted by molar-refractivity contribution is 7.89. The van der Waals surface area contributed by atoms with E-state index in [4.69, 9.17) is 0 Å². The zero-order valence-electron chi connectivity index (χ0n) is 17.5. The number of aromatic nitrogens is 2. The van der Waals surface area contributed by atoms with Crippen LogP contribution in [0, 0.1) is 0 Å². The lowest BCUT2D eigenvalue weighted by Crippen LogP contribution is -2.36. The number of nitrogens with zero attached hydrogens (tertiary/aromatic N) is 2. The molecule has 0 saturated heterocycles. The molecule has 0 aliphatic heterocycles. The molecule has 10 nitrogen and oxygen atoms in total. The molecule has 11 heteroatoms. The van der Waals surface area contributed by atoms with Crippen molar-refractivity contribution in [3.8, 4) is 0 Å². The van der Waals surface area contributed by atoms with Crippen molar-refractivity contribution in [3.63, 3.8) is 0 Å². The maximum absolute atomic E-state index is 12.8. The Morgan fingerprint density at radius 3 is 2.16 bits per heavy atom. The van der Waals surface area contributed by atoms with Crippen LogP contribution in [0.5, 0.6) is 0 Å². The standard InChI is InChI=1S/C21H22N4O6S/c1-12(2)24-32(30,31)15-10-8-14(9-11-15)22-19(26)13(3)25-20(27)17-7-5-4-6-16(17)18(23-25)21(28)29/h4-13,24H,1-3H3,(H,22,26)(H,28,29)/p-1. The van der Waals surface area contributed by atoms with Crippen LogP contribution < -0.4 is 20.7 Å². The summed E-state index contributed by atoms with van der Waals surface area (Å²) in [5, 5.41) is 18.1. The third kappa shape index (κ3) is 4.68. The van der Waals surface area contributed by atoms with Gasteiger partial charge in [-0.3, -0.25) is 9.59 Å². The number of carboxylic acid groups (broad SMARTS) is 1. The first kappa shape index (κ1) is 23.1. The van der Waals surface area contributed by atoms with Crippen molar-refractivity contribution in [2.75, 3.05) is 5.32 Å². The van der Waals surface area contributed by atoms with E-state index in [9.17, 15) is 27.9 Å². The summed E-state index contributed by atoms with van der Waals surface area (Å²) in [4.78, 5) is 37.0. The molecular weight excluding hydrogens is 436 g/mol. The minimum atomic E-state index is -3.68. The van der Waals surface area contributed by atoms with Crippen LogP contribution in [0.3, 0.4) is 0 Å². The predicted octanol–water partition coefficient (Wildman–Crippen LogP) is 0.646. The van der Waals surface area contributed by atoms with Gasteiger partial charge in [0, 0.05) is 17.1 Å². The maximum Gasteiger partial charge on any atom is 0.275 e. The molecule has 32 heavy (non-hydrogen) atoms. The molecule has 0 aliphatic carbocycles. The molecule has 1 atom stereocenters. The Morgan fingerprint density at radius 2 is 1.59 bits per heavy atom. The van der Waals surface area contributed by atoms with Gasteiger partial charge in [0.25, 0.3) is 5.56 Å². The summed E-state index contributed by atoms with van der Waals surface area (Å²) in [5.41, 5.74) is -0.791. The van der Waals surface area contributed by atoms with Gasteiger partial charge in [-0.1, -0.05) is 18.2 Å². The number of rotatable bonds is 7. The molecule has 3 rings (SSSR count). The zero-order chi connectivity index (χ0) is 23.6. The molecule has 1 aromatic heterocycles. The van der Waals surface area contributed by atoms with Crippen LogP contribution in [-0.4, -0.2) is 36.1 Å². The SMILES string of the molecule is CC(C)NS(=O)(=O)c1ccc(NC(=O)C(C)n2nc(C(=O)[O-])c3ccccc3c2=O)cc1. The Balaban J connectivity index is 1.88. The molecule has 1 heterocycles. The summed E-state index contributed by atoms with van der Waals surface area (Å²) in [5.74, 6) is -2.22. The van der Waals surface area contributed by atoms with Crippen LogP contribution in [-0.2, 0) is 14.8 Å². The number of sulfonamides is 1. The van der Waals surface area contributed by atoms with Gasteiger partial charge in [0.1, 0.15) is 11.7 Å². The van der Waals surface area contributed by atoms with E-state index in [0.29, 0.717) is 5.69 Å². The largest absolute Gasteiger partial charge is 0.543 e. The van der Waals surface area contributed by atoms with E-state index >= 15 is 0 Å². The number of carbonyl (C=O) groups excluding carboxylic acids is 2. The van der Waals surface area contributed by atoms with Gasteiger partial charge in [0.05, 0.1) is 16.3 Å². The van der Waals surface area contributed by atoms with E-state index in [1.165, 1.54) is 43.3 Å². The summed E-state index contributed by atoms with van der Waals surface area (Å²) in [6, 6.07) is 10.1. The second-order valence-electron chi connectivity index (χ2n) is 7.40. The zero-order valence-corrected chi connectivity index (χ0v) is 18.3. The highest BCUT2D eigenvalue weighted by atomic mass is 32.2. The molecule has 1 amide bonds. The van der Waals surface area contributed by atoms with Crippen LogP contribution in [0.4, 0.5) is 5.69 Å². The Morgan fingerprint density at radius 1 is 1.00 bits per heavy atom. The second-order valence-corrected chi connectivity index (χ2v) is 9.11. The van der Waals surface area contributed by atoms with E-state index < -0.39 is 39.2 Å². The van der Waals surface area contributed by atoms with E-state index in [-0.39, 0.29) is 21.7 Å². The van der Waals surface area contributed by atoms with Gasteiger partial charge in [-0.05, 0) is 51.1 Å². The average Bonchev–Trinajstić information content (AvgIpc) is 2.73. The normalized spacial score (nSPS) is 12.6. The van der Waals surface area contributed by atoms with Crippen molar-refractivity contribution in [1.82, 2.24) is 14.5 Å². The van der Waals surface area contributed by atoms with Gasteiger partial charge in [-0.25, -0.2) is 17.8 Å². The smallest absolute Gasteiger partial charge is 0.275 e. The Kier molecular flexibility index (Phi) is 6.42. The second kappa shape index (κ2) is 8.89. The van der Waals surface area contributed by atoms with Crippen LogP contribution >= 0.6 is 0 Å². The molecule has 3 aromatic rings. The lowest BCUT2D eigenvalue weighted by Gasteiger charge is -2.17. The summed E-state index contributed by atoms with van der Waals surface area (Å²) in [6.45, 7) is 4.78. The summed E-state index contributed by atoms with van der Waals surface area (Å²) in [7, 11) is -3.68. The molecule has 0 fully saturated rings.